The Balaban J connectivity index is 2.22. The predicted octanol–water partition coefficient (Wildman–Crippen LogP) is 0.723. The molecule has 0 radical (unpaired) electrons. The van der Waals surface area contributed by atoms with Crippen molar-refractivity contribution < 1.29 is 19.1 Å². The molecule has 0 bridgehead atoms. The molecule has 106 valence electrons. The Morgan fingerprint density at radius 2 is 2.00 bits per heavy atom. The molecule has 1 fully saturated rings. The van der Waals surface area contributed by atoms with E-state index in [4.69, 9.17) is 4.74 Å². The molecule has 2 rings (SSSR count). The lowest BCUT2D eigenvalue weighted by Gasteiger charge is -2.28. The minimum atomic E-state index is -0.996. The smallest absolute Gasteiger partial charge is 0.317 e. The summed E-state index contributed by atoms with van der Waals surface area (Å²) >= 11 is 0. The summed E-state index contributed by atoms with van der Waals surface area (Å²) in [4.78, 5) is 35.9. The fourth-order valence-electron chi connectivity index (χ4n) is 2.40. The highest BCUT2D eigenvalue weighted by Crippen LogP contribution is 2.23. The number of Topliss-reactive ketones (excluding diaryl/α,β-unsaturated/α-hetero) is 1. The summed E-state index contributed by atoms with van der Waals surface area (Å²) in [5, 5.41) is 2.53. The van der Waals surface area contributed by atoms with Crippen LogP contribution in [0.4, 0.5) is 0 Å². The second kappa shape index (κ2) is 6.32. The van der Waals surface area contributed by atoms with E-state index < -0.39 is 17.8 Å². The van der Waals surface area contributed by atoms with Crippen LogP contribution in [0.5, 0.6) is 0 Å². The molecule has 2 unspecified atom stereocenters. The van der Waals surface area contributed by atoms with Crippen LogP contribution in [0.3, 0.4) is 0 Å². The third-order valence-corrected chi connectivity index (χ3v) is 3.36. The second-order valence-corrected chi connectivity index (χ2v) is 4.71. The topological polar surface area (TPSA) is 72.5 Å². The van der Waals surface area contributed by atoms with Gasteiger partial charge >= 0.3 is 5.97 Å². The van der Waals surface area contributed by atoms with Crippen LogP contribution in [-0.2, 0) is 25.5 Å². The second-order valence-electron chi connectivity index (χ2n) is 4.71. The standard InChI is InChI=1S/C15H17NO4/c1-2-20-15(19)13-11(14(18)16-9-12(13)17)8-10-6-4-3-5-7-10/h3-7,11,13H,2,8-9H2,1H3,(H,16,18). The Bertz CT molecular complexity index is 512. The first-order valence-corrected chi connectivity index (χ1v) is 6.64. The molecule has 1 amide bonds. The molecule has 20 heavy (non-hydrogen) atoms. The summed E-state index contributed by atoms with van der Waals surface area (Å²) in [5.41, 5.74) is 0.914. The molecule has 1 N–H and O–H groups in total. The van der Waals surface area contributed by atoms with Gasteiger partial charge in [-0.3, -0.25) is 14.4 Å². The molecule has 1 aromatic carbocycles. The molecule has 0 aromatic heterocycles. The van der Waals surface area contributed by atoms with Crippen molar-refractivity contribution in [3.8, 4) is 0 Å². The summed E-state index contributed by atoms with van der Waals surface area (Å²) in [7, 11) is 0. The Labute approximate surface area is 117 Å². The first-order valence-electron chi connectivity index (χ1n) is 6.64. The Kier molecular flexibility index (Phi) is 4.50. The number of nitrogens with one attached hydrogen (secondary N) is 1. The number of amides is 1. The van der Waals surface area contributed by atoms with Gasteiger partial charge in [-0.15, -0.1) is 0 Å². The molecule has 2 atom stereocenters. The lowest BCUT2D eigenvalue weighted by atomic mass is 9.81. The van der Waals surface area contributed by atoms with Gasteiger partial charge in [0, 0.05) is 0 Å². The molecular formula is C15H17NO4. The number of piperidine rings is 1. The number of hydrogen-bond donors (Lipinski definition) is 1. The van der Waals surface area contributed by atoms with Crippen LogP contribution in [0.2, 0.25) is 0 Å². The van der Waals surface area contributed by atoms with Crippen LogP contribution in [0, 0.1) is 11.8 Å². The number of carbonyl (C=O) groups excluding carboxylic acids is 3. The van der Waals surface area contributed by atoms with Crippen molar-refractivity contribution in [2.45, 2.75) is 13.3 Å². The van der Waals surface area contributed by atoms with E-state index >= 15 is 0 Å². The van der Waals surface area contributed by atoms with Gasteiger partial charge in [0.2, 0.25) is 5.91 Å². The van der Waals surface area contributed by atoms with Crippen LogP contribution in [0.25, 0.3) is 0 Å². The van der Waals surface area contributed by atoms with Gasteiger partial charge in [0.25, 0.3) is 0 Å². The average molecular weight is 275 g/mol. The Morgan fingerprint density at radius 3 is 2.65 bits per heavy atom. The summed E-state index contributed by atoms with van der Waals surface area (Å²) in [5.74, 6) is -2.86. The van der Waals surface area contributed by atoms with Crippen LogP contribution >= 0.6 is 0 Å². The number of hydrogen-bond acceptors (Lipinski definition) is 4. The van der Waals surface area contributed by atoms with Crippen molar-refractivity contribution in [2.75, 3.05) is 13.2 Å². The normalized spacial score (nSPS) is 22.2. The van der Waals surface area contributed by atoms with E-state index in [1.54, 1.807) is 6.92 Å². The van der Waals surface area contributed by atoms with Gasteiger partial charge in [-0.05, 0) is 18.9 Å². The highest BCUT2D eigenvalue weighted by atomic mass is 16.5. The first-order chi connectivity index (χ1) is 9.63. The number of carbonyl (C=O) groups is 3. The monoisotopic (exact) mass is 275 g/mol. The average Bonchev–Trinajstić information content (AvgIpc) is 2.44. The van der Waals surface area contributed by atoms with Crippen molar-refractivity contribution >= 4 is 17.7 Å². The number of esters is 1. The van der Waals surface area contributed by atoms with Gasteiger partial charge in [0.1, 0.15) is 5.92 Å². The van der Waals surface area contributed by atoms with E-state index in [2.05, 4.69) is 5.32 Å². The van der Waals surface area contributed by atoms with Gasteiger partial charge in [-0.25, -0.2) is 0 Å². The molecule has 1 saturated heterocycles. The van der Waals surface area contributed by atoms with Crippen molar-refractivity contribution in [1.82, 2.24) is 5.32 Å². The zero-order valence-electron chi connectivity index (χ0n) is 11.3. The largest absolute Gasteiger partial charge is 0.465 e. The van der Waals surface area contributed by atoms with E-state index in [0.29, 0.717) is 6.42 Å². The van der Waals surface area contributed by atoms with Crippen molar-refractivity contribution in [2.24, 2.45) is 11.8 Å². The van der Waals surface area contributed by atoms with Crippen molar-refractivity contribution in [1.29, 1.82) is 0 Å². The van der Waals surface area contributed by atoms with E-state index in [1.807, 2.05) is 30.3 Å². The minimum Gasteiger partial charge on any atom is -0.465 e. The first kappa shape index (κ1) is 14.2. The lowest BCUT2D eigenvalue weighted by Crippen LogP contribution is -2.52. The quantitative estimate of drug-likeness (QED) is 0.649. The van der Waals surface area contributed by atoms with Crippen LogP contribution in [-0.4, -0.2) is 30.8 Å². The van der Waals surface area contributed by atoms with E-state index in [0.717, 1.165) is 5.56 Å². The van der Waals surface area contributed by atoms with Gasteiger partial charge < -0.3 is 10.1 Å². The summed E-state index contributed by atoms with van der Waals surface area (Å²) < 4.78 is 4.93. The Morgan fingerprint density at radius 1 is 1.30 bits per heavy atom. The molecular weight excluding hydrogens is 258 g/mol. The van der Waals surface area contributed by atoms with Crippen molar-refractivity contribution in [3.63, 3.8) is 0 Å². The Hall–Kier alpha value is -2.17. The molecule has 0 saturated carbocycles. The van der Waals surface area contributed by atoms with Gasteiger partial charge in [0.05, 0.1) is 19.1 Å². The van der Waals surface area contributed by atoms with Crippen LogP contribution < -0.4 is 5.32 Å². The van der Waals surface area contributed by atoms with E-state index in [-0.39, 0.29) is 24.8 Å². The maximum atomic E-state index is 12.0. The number of benzene rings is 1. The molecule has 1 aromatic rings. The summed E-state index contributed by atoms with van der Waals surface area (Å²) in [6, 6.07) is 9.33. The maximum Gasteiger partial charge on any atom is 0.317 e. The SMILES string of the molecule is CCOC(=O)C1C(=O)CNC(=O)C1Cc1ccccc1. The molecule has 1 aliphatic heterocycles. The minimum absolute atomic E-state index is 0.104. The third-order valence-electron chi connectivity index (χ3n) is 3.36. The van der Waals surface area contributed by atoms with E-state index in [1.165, 1.54) is 0 Å². The molecule has 1 aliphatic rings. The molecule has 5 nitrogen and oxygen atoms in total. The third kappa shape index (κ3) is 3.04. The van der Waals surface area contributed by atoms with Crippen LogP contribution in [0.15, 0.2) is 30.3 Å². The highest BCUT2D eigenvalue weighted by Gasteiger charge is 2.43. The molecule has 5 heteroatoms. The zero-order valence-corrected chi connectivity index (χ0v) is 11.3. The predicted molar refractivity (Wildman–Crippen MR) is 71.8 cm³/mol. The van der Waals surface area contributed by atoms with Gasteiger partial charge in [0.15, 0.2) is 5.78 Å². The fourth-order valence-corrected chi connectivity index (χ4v) is 2.40. The van der Waals surface area contributed by atoms with Gasteiger partial charge in [-0.2, -0.15) is 0 Å². The highest BCUT2D eigenvalue weighted by molar-refractivity contribution is 6.07. The summed E-state index contributed by atoms with van der Waals surface area (Å²) in [6.45, 7) is 1.77. The fraction of sp³-hybridized carbons (Fsp3) is 0.400. The van der Waals surface area contributed by atoms with Gasteiger partial charge in [-0.1, -0.05) is 30.3 Å². The molecule has 0 aliphatic carbocycles. The van der Waals surface area contributed by atoms with E-state index in [9.17, 15) is 14.4 Å². The number of rotatable bonds is 4. The maximum absolute atomic E-state index is 12.0. The summed E-state index contributed by atoms with van der Waals surface area (Å²) in [6.07, 6.45) is 0.349. The number of ether oxygens (including phenoxy) is 1. The molecule has 1 heterocycles. The van der Waals surface area contributed by atoms with Crippen LogP contribution in [0.1, 0.15) is 12.5 Å². The van der Waals surface area contributed by atoms with Crippen molar-refractivity contribution in [3.05, 3.63) is 35.9 Å². The molecule has 0 spiro atoms. The lowest BCUT2D eigenvalue weighted by molar-refractivity contribution is -0.158. The zero-order chi connectivity index (χ0) is 14.5. The number of ketones is 1.